The molecule has 1 fully saturated rings. The van der Waals surface area contributed by atoms with Crippen molar-refractivity contribution in [1.29, 1.82) is 0 Å². The van der Waals surface area contributed by atoms with Gasteiger partial charge >= 0.3 is 0 Å². The maximum Gasteiger partial charge on any atom is 0.271 e. The Morgan fingerprint density at radius 3 is 2.78 bits per heavy atom. The number of hydrogen-bond acceptors (Lipinski definition) is 5. The molecule has 0 radical (unpaired) electrons. The SMILES string of the molecule is CC(CNC(=O)c1ccc(N)nn1)N1CCCC1. The number of nitrogens with one attached hydrogen (secondary N) is 1. The fraction of sp³-hybridized carbons (Fsp3) is 0.583. The van der Waals surface area contributed by atoms with Crippen LogP contribution in [0.5, 0.6) is 0 Å². The molecule has 1 unspecified atom stereocenters. The van der Waals surface area contributed by atoms with Gasteiger partial charge in [0.15, 0.2) is 5.69 Å². The number of rotatable bonds is 4. The lowest BCUT2D eigenvalue weighted by atomic mass is 10.3. The predicted octanol–water partition coefficient (Wildman–Crippen LogP) is 0.273. The Morgan fingerprint density at radius 2 is 2.17 bits per heavy atom. The lowest BCUT2D eigenvalue weighted by Gasteiger charge is -2.23. The maximum atomic E-state index is 11.8. The van der Waals surface area contributed by atoms with Crippen molar-refractivity contribution in [3.8, 4) is 0 Å². The number of likely N-dealkylation sites (tertiary alicyclic amines) is 1. The number of nitrogen functional groups attached to an aromatic ring is 1. The van der Waals surface area contributed by atoms with Gasteiger partial charge < -0.3 is 11.1 Å². The molecule has 1 saturated heterocycles. The number of anilines is 1. The van der Waals surface area contributed by atoms with Crippen LogP contribution in [0.25, 0.3) is 0 Å². The van der Waals surface area contributed by atoms with Gasteiger partial charge in [0.1, 0.15) is 5.82 Å². The number of nitrogens with zero attached hydrogens (tertiary/aromatic N) is 3. The summed E-state index contributed by atoms with van der Waals surface area (Å²) in [6.45, 7) is 5.00. The molecule has 6 nitrogen and oxygen atoms in total. The van der Waals surface area contributed by atoms with Gasteiger partial charge in [-0.15, -0.1) is 10.2 Å². The normalized spacial score (nSPS) is 17.6. The van der Waals surface area contributed by atoms with Crippen LogP contribution in [0.3, 0.4) is 0 Å². The number of hydrogen-bond donors (Lipinski definition) is 2. The summed E-state index contributed by atoms with van der Waals surface area (Å²) in [5, 5.41) is 10.3. The van der Waals surface area contributed by atoms with Crippen molar-refractivity contribution in [2.75, 3.05) is 25.4 Å². The molecular weight excluding hydrogens is 230 g/mol. The molecule has 0 aliphatic carbocycles. The first-order valence-corrected chi connectivity index (χ1v) is 6.28. The summed E-state index contributed by atoms with van der Waals surface area (Å²) >= 11 is 0. The number of carbonyl (C=O) groups is 1. The third-order valence-electron chi connectivity index (χ3n) is 3.24. The lowest BCUT2D eigenvalue weighted by molar-refractivity contribution is 0.0934. The number of nitrogens with two attached hydrogens (primary N) is 1. The zero-order chi connectivity index (χ0) is 13.0. The third-order valence-corrected chi connectivity index (χ3v) is 3.24. The van der Waals surface area contributed by atoms with Crippen LogP contribution in [0.4, 0.5) is 5.82 Å². The second-order valence-corrected chi connectivity index (χ2v) is 4.65. The Labute approximate surface area is 107 Å². The molecule has 1 atom stereocenters. The zero-order valence-electron chi connectivity index (χ0n) is 10.6. The highest BCUT2D eigenvalue weighted by molar-refractivity contribution is 5.92. The second kappa shape index (κ2) is 5.77. The van der Waals surface area contributed by atoms with Gasteiger partial charge in [-0.25, -0.2) is 0 Å². The molecule has 3 N–H and O–H groups in total. The van der Waals surface area contributed by atoms with Crippen LogP contribution < -0.4 is 11.1 Å². The Bertz CT molecular complexity index is 399. The first kappa shape index (κ1) is 12.8. The summed E-state index contributed by atoms with van der Waals surface area (Å²) in [5.41, 5.74) is 5.72. The van der Waals surface area contributed by atoms with Crippen LogP contribution in [0.1, 0.15) is 30.3 Å². The summed E-state index contributed by atoms with van der Waals surface area (Å²) in [4.78, 5) is 14.2. The zero-order valence-corrected chi connectivity index (χ0v) is 10.6. The molecule has 2 heterocycles. The van der Waals surface area contributed by atoms with E-state index in [-0.39, 0.29) is 5.91 Å². The van der Waals surface area contributed by atoms with Crippen molar-refractivity contribution in [2.45, 2.75) is 25.8 Å². The highest BCUT2D eigenvalue weighted by atomic mass is 16.1. The van der Waals surface area contributed by atoms with Gasteiger partial charge in [-0.2, -0.15) is 0 Å². The molecule has 98 valence electrons. The highest BCUT2D eigenvalue weighted by Gasteiger charge is 2.18. The minimum Gasteiger partial charge on any atom is -0.382 e. The van der Waals surface area contributed by atoms with Crippen molar-refractivity contribution in [3.63, 3.8) is 0 Å². The van der Waals surface area contributed by atoms with E-state index in [1.807, 2.05) is 0 Å². The van der Waals surface area contributed by atoms with Crippen molar-refractivity contribution < 1.29 is 4.79 Å². The van der Waals surface area contributed by atoms with Crippen molar-refractivity contribution >= 4 is 11.7 Å². The molecule has 1 aromatic rings. The monoisotopic (exact) mass is 249 g/mol. The largest absolute Gasteiger partial charge is 0.382 e. The average molecular weight is 249 g/mol. The number of aromatic nitrogens is 2. The third kappa shape index (κ3) is 3.16. The summed E-state index contributed by atoms with van der Waals surface area (Å²) < 4.78 is 0. The maximum absolute atomic E-state index is 11.8. The van der Waals surface area contributed by atoms with E-state index in [1.54, 1.807) is 12.1 Å². The first-order valence-electron chi connectivity index (χ1n) is 6.28. The van der Waals surface area contributed by atoms with Crippen LogP contribution in [0.2, 0.25) is 0 Å². The van der Waals surface area contributed by atoms with Crippen LogP contribution >= 0.6 is 0 Å². The van der Waals surface area contributed by atoms with E-state index in [2.05, 4.69) is 27.3 Å². The molecule has 1 aliphatic rings. The summed E-state index contributed by atoms with van der Waals surface area (Å²) in [6.07, 6.45) is 2.50. The molecule has 1 aromatic heterocycles. The van der Waals surface area contributed by atoms with E-state index in [0.717, 1.165) is 13.1 Å². The Morgan fingerprint density at radius 1 is 1.44 bits per heavy atom. The Hall–Kier alpha value is -1.69. The van der Waals surface area contributed by atoms with E-state index in [0.29, 0.717) is 24.1 Å². The Balaban J connectivity index is 1.82. The fourth-order valence-electron chi connectivity index (χ4n) is 2.11. The molecule has 2 rings (SSSR count). The van der Waals surface area contributed by atoms with Crippen LogP contribution in [-0.2, 0) is 0 Å². The molecule has 0 aromatic carbocycles. The van der Waals surface area contributed by atoms with E-state index < -0.39 is 0 Å². The van der Waals surface area contributed by atoms with Crippen molar-refractivity contribution in [3.05, 3.63) is 17.8 Å². The van der Waals surface area contributed by atoms with E-state index in [9.17, 15) is 4.79 Å². The first-order chi connectivity index (χ1) is 8.66. The van der Waals surface area contributed by atoms with Gasteiger partial charge in [0.25, 0.3) is 5.91 Å². The van der Waals surface area contributed by atoms with Gasteiger partial charge in [-0.1, -0.05) is 0 Å². The molecule has 0 saturated carbocycles. The minimum absolute atomic E-state index is 0.200. The molecule has 1 aliphatic heterocycles. The molecule has 1 amide bonds. The number of carbonyl (C=O) groups excluding carboxylic acids is 1. The highest BCUT2D eigenvalue weighted by Crippen LogP contribution is 2.10. The van der Waals surface area contributed by atoms with Crippen molar-refractivity contribution in [2.24, 2.45) is 0 Å². The second-order valence-electron chi connectivity index (χ2n) is 4.65. The van der Waals surface area contributed by atoms with Gasteiger partial charge in [0, 0.05) is 12.6 Å². The topological polar surface area (TPSA) is 84.1 Å². The number of amides is 1. The fourth-order valence-corrected chi connectivity index (χ4v) is 2.11. The predicted molar refractivity (Wildman–Crippen MR) is 69.0 cm³/mol. The summed E-state index contributed by atoms with van der Waals surface area (Å²) in [6, 6.07) is 3.52. The van der Waals surface area contributed by atoms with Gasteiger partial charge in [0.2, 0.25) is 0 Å². The van der Waals surface area contributed by atoms with Crippen LogP contribution in [-0.4, -0.2) is 46.7 Å². The summed E-state index contributed by atoms with van der Waals surface area (Å²) in [7, 11) is 0. The molecule has 0 bridgehead atoms. The molecule has 6 heteroatoms. The molecule has 0 spiro atoms. The van der Waals surface area contributed by atoms with Crippen LogP contribution in [0, 0.1) is 0 Å². The quantitative estimate of drug-likeness (QED) is 0.800. The molecular formula is C12H19N5O. The van der Waals surface area contributed by atoms with Crippen molar-refractivity contribution in [1.82, 2.24) is 20.4 Å². The van der Waals surface area contributed by atoms with Crippen LogP contribution in [0.15, 0.2) is 12.1 Å². The lowest BCUT2D eigenvalue weighted by Crippen LogP contribution is -2.40. The Kier molecular flexibility index (Phi) is 4.09. The van der Waals surface area contributed by atoms with E-state index in [1.165, 1.54) is 12.8 Å². The van der Waals surface area contributed by atoms with E-state index in [4.69, 9.17) is 5.73 Å². The standard InChI is InChI=1S/C12H19N5O/c1-9(17-6-2-3-7-17)8-14-12(18)10-4-5-11(13)16-15-10/h4-5,9H,2-3,6-8H2,1H3,(H2,13,16)(H,14,18). The summed E-state index contributed by atoms with van der Waals surface area (Å²) in [5.74, 6) is 0.116. The van der Waals surface area contributed by atoms with E-state index >= 15 is 0 Å². The van der Waals surface area contributed by atoms with Gasteiger partial charge in [-0.3, -0.25) is 9.69 Å². The average Bonchev–Trinajstić information content (AvgIpc) is 2.90. The van der Waals surface area contributed by atoms with Gasteiger partial charge in [-0.05, 0) is 45.0 Å². The van der Waals surface area contributed by atoms with Gasteiger partial charge in [0.05, 0.1) is 0 Å². The minimum atomic E-state index is -0.200. The smallest absolute Gasteiger partial charge is 0.271 e. The molecule has 18 heavy (non-hydrogen) atoms.